The van der Waals surface area contributed by atoms with E-state index in [2.05, 4.69) is 22.4 Å². The van der Waals surface area contributed by atoms with E-state index in [0.717, 1.165) is 29.3 Å². The van der Waals surface area contributed by atoms with E-state index in [1.165, 1.54) is 5.56 Å². The lowest BCUT2D eigenvalue weighted by Gasteiger charge is -2.20. The van der Waals surface area contributed by atoms with E-state index < -0.39 is 0 Å². The van der Waals surface area contributed by atoms with E-state index >= 15 is 0 Å². The number of benzene rings is 2. The number of nitrogens with two attached hydrogens (primary N) is 1. The molecule has 1 fully saturated rings. The number of aromatic nitrogens is 1. The number of nitrogens with zero attached hydrogens (tertiary/aromatic N) is 1. The Labute approximate surface area is 189 Å². The molecule has 0 radical (unpaired) electrons. The average Bonchev–Trinajstić information content (AvgIpc) is 3.15. The van der Waals surface area contributed by atoms with Crippen LogP contribution < -0.4 is 11.1 Å². The van der Waals surface area contributed by atoms with Gasteiger partial charge in [0.05, 0.1) is 24.8 Å². The molecule has 1 aliphatic heterocycles. The van der Waals surface area contributed by atoms with E-state index in [0.29, 0.717) is 25.3 Å². The van der Waals surface area contributed by atoms with Crippen molar-refractivity contribution >= 4 is 41.6 Å². The normalized spacial score (nSPS) is 17.8. The largest absolute Gasteiger partial charge is 0.379 e. The maximum Gasteiger partial charge on any atom is 0.251 e. The first-order chi connectivity index (χ1) is 13.7. The Bertz CT molecular complexity index is 961. The minimum Gasteiger partial charge on any atom is -0.379 e. The number of pyridine rings is 1. The van der Waals surface area contributed by atoms with Crippen molar-refractivity contribution in [1.82, 2.24) is 10.3 Å². The summed E-state index contributed by atoms with van der Waals surface area (Å²) in [5.74, 6) is 0.186. The molecule has 0 bridgehead atoms. The second kappa shape index (κ2) is 11.3. The molecular formula is C23H27Cl2N3O2. The summed E-state index contributed by atoms with van der Waals surface area (Å²) in [7, 11) is 0. The van der Waals surface area contributed by atoms with Crippen LogP contribution in [0.4, 0.5) is 0 Å². The lowest BCUT2D eigenvalue weighted by molar-refractivity contribution is 0.0925. The summed E-state index contributed by atoms with van der Waals surface area (Å²) in [6.45, 7) is 1.80. The maximum absolute atomic E-state index is 12.7. The molecule has 5 nitrogen and oxygen atoms in total. The van der Waals surface area contributed by atoms with Gasteiger partial charge in [0, 0.05) is 23.1 Å². The lowest BCUT2D eigenvalue weighted by Crippen LogP contribution is -2.40. The zero-order valence-corrected chi connectivity index (χ0v) is 18.3. The van der Waals surface area contributed by atoms with Crippen molar-refractivity contribution in [3.05, 3.63) is 77.5 Å². The zero-order valence-electron chi connectivity index (χ0n) is 16.6. The predicted molar refractivity (Wildman–Crippen MR) is 125 cm³/mol. The van der Waals surface area contributed by atoms with E-state index in [9.17, 15) is 4.79 Å². The molecule has 30 heavy (non-hydrogen) atoms. The van der Waals surface area contributed by atoms with Crippen LogP contribution in [-0.4, -0.2) is 36.7 Å². The van der Waals surface area contributed by atoms with E-state index in [1.54, 1.807) is 0 Å². The summed E-state index contributed by atoms with van der Waals surface area (Å²) in [6, 6.07) is 17.9. The fraction of sp³-hybridized carbons (Fsp3) is 0.304. The third-order valence-corrected chi connectivity index (χ3v) is 5.39. The van der Waals surface area contributed by atoms with Gasteiger partial charge in [-0.1, -0.05) is 30.3 Å². The molecule has 0 aliphatic carbocycles. The van der Waals surface area contributed by atoms with Crippen LogP contribution in [0, 0.1) is 5.92 Å². The highest BCUT2D eigenvalue weighted by Gasteiger charge is 2.30. The van der Waals surface area contributed by atoms with E-state index in [1.807, 2.05) is 48.7 Å². The van der Waals surface area contributed by atoms with Crippen molar-refractivity contribution in [3.8, 4) is 0 Å². The number of amides is 1. The van der Waals surface area contributed by atoms with Crippen molar-refractivity contribution < 1.29 is 9.53 Å². The van der Waals surface area contributed by atoms with E-state index in [-0.39, 0.29) is 42.7 Å². The highest BCUT2D eigenvalue weighted by atomic mass is 35.5. The molecule has 1 aromatic heterocycles. The van der Waals surface area contributed by atoms with Crippen LogP contribution in [0.2, 0.25) is 0 Å². The Balaban J connectivity index is 0.00000160. The fourth-order valence-corrected chi connectivity index (χ4v) is 3.82. The Kier molecular flexibility index (Phi) is 9.06. The van der Waals surface area contributed by atoms with Crippen LogP contribution in [0.3, 0.4) is 0 Å². The lowest BCUT2D eigenvalue weighted by atomic mass is 9.93. The van der Waals surface area contributed by atoms with Crippen molar-refractivity contribution in [3.63, 3.8) is 0 Å². The van der Waals surface area contributed by atoms with Crippen LogP contribution in [-0.2, 0) is 17.6 Å². The van der Waals surface area contributed by atoms with Crippen LogP contribution >= 0.6 is 24.8 Å². The summed E-state index contributed by atoms with van der Waals surface area (Å²) in [4.78, 5) is 17.1. The molecule has 2 aromatic carbocycles. The van der Waals surface area contributed by atoms with Gasteiger partial charge in [-0.15, -0.1) is 24.8 Å². The summed E-state index contributed by atoms with van der Waals surface area (Å²) in [5.41, 5.74) is 9.63. The number of carbonyl (C=O) groups is 1. The minimum absolute atomic E-state index is 0. The molecule has 1 aliphatic rings. The Hall–Kier alpha value is -2.18. The fourth-order valence-electron chi connectivity index (χ4n) is 3.82. The standard InChI is InChI=1S/C23H25N3O2.2ClH/c24-11-9-16-5-7-17(8-6-16)23(27)26-22-15-28-14-19(22)13-18-10-12-25-21-4-2-1-3-20(18)21;;/h1-8,10,12,19,22H,9,11,13-15,24H2,(H,26,27);2*1H/t19-,22+;;/m1../s1. The number of hydrogen-bond donors (Lipinski definition) is 2. The molecule has 7 heteroatoms. The Morgan fingerprint density at radius 2 is 1.83 bits per heavy atom. The van der Waals surface area contributed by atoms with Gasteiger partial charge >= 0.3 is 0 Å². The van der Waals surface area contributed by atoms with Crippen molar-refractivity contribution in [2.24, 2.45) is 11.7 Å². The minimum atomic E-state index is -0.0561. The number of fused-ring (bicyclic) bond motifs is 1. The zero-order chi connectivity index (χ0) is 19.3. The number of hydrogen-bond acceptors (Lipinski definition) is 4. The second-order valence-electron chi connectivity index (χ2n) is 7.30. The first-order valence-electron chi connectivity index (χ1n) is 9.75. The van der Waals surface area contributed by atoms with Crippen LogP contribution in [0.1, 0.15) is 21.5 Å². The Morgan fingerprint density at radius 1 is 1.07 bits per heavy atom. The van der Waals surface area contributed by atoms with Gasteiger partial charge < -0.3 is 15.8 Å². The molecule has 4 rings (SSSR count). The molecule has 0 saturated carbocycles. The summed E-state index contributed by atoms with van der Waals surface area (Å²) in [6.07, 6.45) is 3.52. The first kappa shape index (κ1) is 24.1. The summed E-state index contributed by atoms with van der Waals surface area (Å²) >= 11 is 0. The van der Waals surface area contributed by atoms with Gasteiger partial charge in [0.15, 0.2) is 0 Å². The molecule has 1 saturated heterocycles. The summed E-state index contributed by atoms with van der Waals surface area (Å²) in [5, 5.41) is 4.33. The average molecular weight is 448 g/mol. The van der Waals surface area contributed by atoms with Crippen molar-refractivity contribution in [2.75, 3.05) is 19.8 Å². The number of rotatable bonds is 6. The van der Waals surface area contributed by atoms with Gasteiger partial charge in [0.1, 0.15) is 0 Å². The van der Waals surface area contributed by atoms with Gasteiger partial charge in [-0.25, -0.2) is 0 Å². The molecule has 3 aromatic rings. The molecular weight excluding hydrogens is 421 g/mol. The highest BCUT2D eigenvalue weighted by Crippen LogP contribution is 2.24. The molecule has 160 valence electrons. The SMILES string of the molecule is Cl.Cl.NCCc1ccc(C(=O)N[C@H]2COC[C@H]2Cc2ccnc3ccccc23)cc1. The first-order valence-corrected chi connectivity index (χ1v) is 9.75. The van der Waals surface area contributed by atoms with Gasteiger partial charge in [0.2, 0.25) is 0 Å². The number of carbonyl (C=O) groups excluding carboxylic acids is 1. The topological polar surface area (TPSA) is 77.2 Å². The highest BCUT2D eigenvalue weighted by molar-refractivity contribution is 5.94. The molecule has 1 amide bonds. The monoisotopic (exact) mass is 447 g/mol. The third kappa shape index (κ3) is 5.49. The number of para-hydroxylation sites is 1. The maximum atomic E-state index is 12.7. The third-order valence-electron chi connectivity index (χ3n) is 5.39. The molecule has 2 atom stereocenters. The van der Waals surface area contributed by atoms with Gasteiger partial charge in [-0.2, -0.15) is 0 Å². The number of halogens is 2. The smallest absolute Gasteiger partial charge is 0.251 e. The quantitative estimate of drug-likeness (QED) is 0.605. The molecule has 0 spiro atoms. The molecule has 0 unspecified atom stereocenters. The van der Waals surface area contributed by atoms with Crippen LogP contribution in [0.25, 0.3) is 10.9 Å². The van der Waals surface area contributed by atoms with Crippen LogP contribution in [0.15, 0.2) is 60.8 Å². The Morgan fingerprint density at radius 3 is 2.60 bits per heavy atom. The van der Waals surface area contributed by atoms with Crippen molar-refractivity contribution in [2.45, 2.75) is 18.9 Å². The van der Waals surface area contributed by atoms with Crippen molar-refractivity contribution in [1.29, 1.82) is 0 Å². The predicted octanol–water partition coefficient (Wildman–Crippen LogP) is 3.57. The number of ether oxygens (including phenoxy) is 1. The van der Waals surface area contributed by atoms with Gasteiger partial charge in [-0.3, -0.25) is 9.78 Å². The van der Waals surface area contributed by atoms with E-state index in [4.69, 9.17) is 10.5 Å². The van der Waals surface area contributed by atoms with Crippen LogP contribution in [0.5, 0.6) is 0 Å². The number of nitrogens with one attached hydrogen (secondary N) is 1. The molecule has 2 heterocycles. The van der Waals surface area contributed by atoms with Gasteiger partial charge in [-0.05, 0) is 54.8 Å². The summed E-state index contributed by atoms with van der Waals surface area (Å²) < 4.78 is 5.70. The second-order valence-corrected chi connectivity index (χ2v) is 7.30. The molecule has 3 N–H and O–H groups in total. The van der Waals surface area contributed by atoms with Gasteiger partial charge in [0.25, 0.3) is 5.91 Å².